The van der Waals surface area contributed by atoms with E-state index in [1.165, 1.54) is 14.0 Å². The maximum Gasteiger partial charge on any atom is 0.257 e. The normalized spacial score (nSPS) is 11.6. The molecule has 24 heavy (non-hydrogen) atoms. The van der Waals surface area contributed by atoms with Gasteiger partial charge in [0.25, 0.3) is 5.91 Å². The molecule has 9 heteroatoms. The monoisotopic (exact) mass is 364 g/mol. The lowest BCUT2D eigenvalue weighted by Gasteiger charge is -2.08. The number of ketones is 1. The van der Waals surface area contributed by atoms with Crippen molar-refractivity contribution < 1.29 is 14.4 Å². The number of carbonyl (C=O) groups is 3. The largest absolute Gasteiger partial charge is 0.358 e. The Hall–Kier alpha value is -2.26. The summed E-state index contributed by atoms with van der Waals surface area (Å²) in [5.41, 5.74) is 1.57. The molecule has 0 aliphatic carbocycles. The zero-order valence-electron chi connectivity index (χ0n) is 13.3. The summed E-state index contributed by atoms with van der Waals surface area (Å²) in [6, 6.07) is 7.13. The Kier molecular flexibility index (Phi) is 6.04. The van der Waals surface area contributed by atoms with Crippen molar-refractivity contribution in [1.29, 1.82) is 0 Å². The first-order valence-electron chi connectivity index (χ1n) is 7.01. The van der Waals surface area contributed by atoms with Gasteiger partial charge >= 0.3 is 0 Å². The highest BCUT2D eigenvalue weighted by atomic mass is 32.2. The fourth-order valence-corrected chi connectivity index (χ4v) is 3.61. The van der Waals surface area contributed by atoms with E-state index in [0.717, 1.165) is 28.7 Å². The lowest BCUT2D eigenvalue weighted by molar-refractivity contribution is -0.126. The smallest absolute Gasteiger partial charge is 0.257 e. The first-order chi connectivity index (χ1) is 11.4. The molecular weight excluding hydrogens is 348 g/mol. The Bertz CT molecular complexity index is 758. The van der Waals surface area contributed by atoms with E-state index in [1.807, 2.05) is 19.1 Å². The predicted octanol–water partition coefficient (Wildman–Crippen LogP) is 1.89. The first-order valence-corrected chi connectivity index (χ1v) is 8.70. The van der Waals surface area contributed by atoms with E-state index in [-0.39, 0.29) is 11.7 Å². The third kappa shape index (κ3) is 4.62. The van der Waals surface area contributed by atoms with Crippen LogP contribution in [0.5, 0.6) is 0 Å². The first kappa shape index (κ1) is 18.1. The van der Waals surface area contributed by atoms with Crippen LogP contribution >= 0.6 is 23.1 Å². The summed E-state index contributed by atoms with van der Waals surface area (Å²) in [6.07, 6.45) is 0. The predicted molar refractivity (Wildman–Crippen MR) is 93.4 cm³/mol. The van der Waals surface area contributed by atoms with Crippen LogP contribution < -0.4 is 10.6 Å². The van der Waals surface area contributed by atoms with Crippen molar-refractivity contribution in [2.45, 2.75) is 23.4 Å². The molecule has 2 amide bonds. The summed E-state index contributed by atoms with van der Waals surface area (Å²) in [7, 11) is 1.46. The van der Waals surface area contributed by atoms with Crippen molar-refractivity contribution in [2.75, 3.05) is 12.4 Å². The van der Waals surface area contributed by atoms with E-state index in [1.54, 1.807) is 12.1 Å². The van der Waals surface area contributed by atoms with Gasteiger partial charge in [-0.15, -0.1) is 10.2 Å². The minimum Gasteiger partial charge on any atom is -0.358 e. The Labute approximate surface area is 147 Å². The van der Waals surface area contributed by atoms with Crippen LogP contribution in [0.25, 0.3) is 0 Å². The number of hydrogen-bond acceptors (Lipinski definition) is 7. The number of benzene rings is 1. The minimum absolute atomic E-state index is 0.278. The lowest BCUT2D eigenvalue weighted by Crippen LogP contribution is -2.34. The Morgan fingerprint density at radius 3 is 2.42 bits per heavy atom. The van der Waals surface area contributed by atoms with Gasteiger partial charge in [0.15, 0.2) is 10.1 Å². The fraction of sp³-hybridized carbons (Fsp3) is 0.267. The van der Waals surface area contributed by atoms with Crippen molar-refractivity contribution in [3.8, 4) is 0 Å². The third-order valence-electron chi connectivity index (χ3n) is 3.01. The van der Waals surface area contributed by atoms with Crippen LogP contribution in [0.15, 0.2) is 28.6 Å². The fourth-order valence-electron chi connectivity index (χ4n) is 1.74. The highest BCUT2D eigenvalue weighted by Crippen LogP contribution is 2.29. The van der Waals surface area contributed by atoms with Crippen molar-refractivity contribution in [1.82, 2.24) is 15.5 Å². The minimum atomic E-state index is -0.886. The molecule has 1 aromatic carbocycles. The molecule has 0 spiro atoms. The van der Waals surface area contributed by atoms with Gasteiger partial charge in [-0.05, 0) is 26.0 Å². The highest BCUT2D eigenvalue weighted by molar-refractivity contribution is 8.03. The number of rotatable bonds is 6. The molecule has 0 aliphatic heterocycles. The van der Waals surface area contributed by atoms with E-state index in [9.17, 15) is 14.4 Å². The molecule has 0 aliphatic rings. The van der Waals surface area contributed by atoms with Gasteiger partial charge in [0.2, 0.25) is 11.0 Å². The number of aromatic nitrogens is 2. The molecule has 0 fully saturated rings. The van der Waals surface area contributed by atoms with E-state index >= 15 is 0 Å². The second-order valence-corrected chi connectivity index (χ2v) is 7.25. The second-order valence-electron chi connectivity index (χ2n) is 4.92. The van der Waals surface area contributed by atoms with Gasteiger partial charge in [-0.25, -0.2) is 0 Å². The molecule has 2 N–H and O–H groups in total. The topological polar surface area (TPSA) is 101 Å². The summed E-state index contributed by atoms with van der Waals surface area (Å²) >= 11 is 2.12. The van der Waals surface area contributed by atoms with Crippen LogP contribution in [0.2, 0.25) is 0 Å². The summed E-state index contributed by atoms with van der Waals surface area (Å²) in [6.45, 7) is 3.28. The molecule has 1 heterocycles. The van der Waals surface area contributed by atoms with Gasteiger partial charge in [0.05, 0.1) is 0 Å². The zero-order valence-corrected chi connectivity index (χ0v) is 15.0. The zero-order chi connectivity index (χ0) is 17.7. The molecule has 0 saturated heterocycles. The molecule has 0 saturated carbocycles. The Morgan fingerprint density at radius 1 is 1.17 bits per heavy atom. The van der Waals surface area contributed by atoms with Gasteiger partial charge in [0.1, 0.15) is 5.25 Å². The van der Waals surface area contributed by atoms with E-state index in [4.69, 9.17) is 0 Å². The number of amides is 2. The maximum absolute atomic E-state index is 12.1. The number of anilines is 1. The Balaban J connectivity index is 2.04. The molecule has 126 valence electrons. The van der Waals surface area contributed by atoms with Gasteiger partial charge in [-0.1, -0.05) is 40.8 Å². The number of nitrogens with one attached hydrogen (secondary N) is 2. The number of hydrogen-bond donors (Lipinski definition) is 2. The van der Waals surface area contributed by atoms with Gasteiger partial charge < -0.3 is 5.32 Å². The van der Waals surface area contributed by atoms with Crippen molar-refractivity contribution in [3.63, 3.8) is 0 Å². The average Bonchev–Trinajstić information content (AvgIpc) is 2.99. The number of nitrogens with zero attached hydrogens (tertiary/aromatic N) is 2. The third-order valence-corrected chi connectivity index (χ3v) is 5.25. The average molecular weight is 364 g/mol. The Morgan fingerprint density at radius 2 is 1.83 bits per heavy atom. The van der Waals surface area contributed by atoms with Crippen molar-refractivity contribution in [2.24, 2.45) is 0 Å². The standard InChI is InChI=1S/C15H16N4O3S2/c1-8-4-6-10(7-5-8)12(21)17-14-18-19-15(24-14)23-11(9(2)20)13(22)16-3/h4-7,11H,1-3H3,(H,16,22)(H,17,18,21). The van der Waals surface area contributed by atoms with Gasteiger partial charge in [-0.3, -0.25) is 19.7 Å². The summed E-state index contributed by atoms with van der Waals surface area (Å²) < 4.78 is 0.429. The SMILES string of the molecule is CNC(=O)C(Sc1nnc(NC(=O)c2ccc(C)cc2)s1)C(C)=O. The summed E-state index contributed by atoms with van der Waals surface area (Å²) in [4.78, 5) is 35.4. The van der Waals surface area contributed by atoms with Crippen LogP contribution in [0.4, 0.5) is 5.13 Å². The van der Waals surface area contributed by atoms with E-state index in [2.05, 4.69) is 20.8 Å². The van der Waals surface area contributed by atoms with Gasteiger partial charge in [0, 0.05) is 12.6 Å². The number of carbonyl (C=O) groups excluding carboxylic acids is 3. The summed E-state index contributed by atoms with van der Waals surface area (Å²) in [5.74, 6) is -0.968. The quantitative estimate of drug-likeness (QED) is 0.461. The van der Waals surface area contributed by atoms with Crippen LogP contribution in [0.1, 0.15) is 22.8 Å². The molecule has 0 radical (unpaired) electrons. The summed E-state index contributed by atoms with van der Waals surface area (Å²) in [5, 5.41) is 12.3. The van der Waals surface area contributed by atoms with E-state index < -0.39 is 11.2 Å². The van der Waals surface area contributed by atoms with Crippen molar-refractivity contribution >= 4 is 45.8 Å². The molecule has 1 atom stereocenters. The lowest BCUT2D eigenvalue weighted by atomic mass is 10.1. The molecule has 1 aromatic heterocycles. The van der Waals surface area contributed by atoms with Gasteiger partial charge in [-0.2, -0.15) is 0 Å². The maximum atomic E-state index is 12.1. The molecule has 0 bridgehead atoms. The number of aryl methyl sites for hydroxylation is 1. The van der Waals surface area contributed by atoms with E-state index in [0.29, 0.717) is 15.0 Å². The van der Waals surface area contributed by atoms with Crippen LogP contribution in [0, 0.1) is 6.92 Å². The van der Waals surface area contributed by atoms with Crippen LogP contribution in [-0.4, -0.2) is 40.1 Å². The number of thioether (sulfide) groups is 1. The molecule has 2 aromatic rings. The van der Waals surface area contributed by atoms with Crippen molar-refractivity contribution in [3.05, 3.63) is 35.4 Å². The molecule has 7 nitrogen and oxygen atoms in total. The molecule has 1 unspecified atom stereocenters. The van der Waals surface area contributed by atoms with Crippen LogP contribution in [-0.2, 0) is 9.59 Å². The van der Waals surface area contributed by atoms with Crippen LogP contribution in [0.3, 0.4) is 0 Å². The number of Topliss-reactive ketones (excluding diaryl/α,β-unsaturated/α-hetero) is 1. The highest BCUT2D eigenvalue weighted by Gasteiger charge is 2.25. The second kappa shape index (κ2) is 8.02. The molecule has 2 rings (SSSR count). The molecular formula is C15H16N4O3S2.